The number of fused-ring (bicyclic) bond motifs is 1. The quantitative estimate of drug-likeness (QED) is 0.573. The van der Waals surface area contributed by atoms with Crippen molar-refractivity contribution in [2.24, 2.45) is 0 Å². The number of aromatic nitrogens is 2. The van der Waals surface area contributed by atoms with Gasteiger partial charge >= 0.3 is 5.97 Å². The fraction of sp³-hybridized carbons (Fsp3) is 0.440. The van der Waals surface area contributed by atoms with Crippen molar-refractivity contribution in [3.05, 3.63) is 64.9 Å². The van der Waals surface area contributed by atoms with Gasteiger partial charge in [-0.05, 0) is 74.1 Å². The molecular formula is C25H26F2N2O3. The molecule has 1 aliphatic carbocycles. The number of carbonyl (C=O) groups is 1. The Balaban J connectivity index is 1.54. The largest absolute Gasteiger partial charge is 0.481 e. The Kier molecular flexibility index (Phi) is 5.24. The Morgan fingerprint density at radius 1 is 1.22 bits per heavy atom. The molecule has 5 rings (SSSR count). The molecule has 1 saturated carbocycles. The van der Waals surface area contributed by atoms with Crippen LogP contribution in [0.4, 0.5) is 8.78 Å². The molecule has 32 heavy (non-hydrogen) atoms. The smallest absolute Gasteiger partial charge is 0.314 e. The van der Waals surface area contributed by atoms with E-state index in [1.54, 1.807) is 36.0 Å². The van der Waals surface area contributed by atoms with Gasteiger partial charge in [0.2, 0.25) is 0 Å². The van der Waals surface area contributed by atoms with Crippen molar-refractivity contribution < 1.29 is 23.4 Å². The minimum atomic E-state index is -1.23. The number of benzene rings is 2. The van der Waals surface area contributed by atoms with Gasteiger partial charge in [0.25, 0.3) is 0 Å². The van der Waals surface area contributed by atoms with E-state index in [0.29, 0.717) is 47.0 Å². The lowest BCUT2D eigenvalue weighted by atomic mass is 9.75. The molecule has 2 aliphatic rings. The molecule has 2 aromatic carbocycles. The van der Waals surface area contributed by atoms with Crippen LogP contribution in [0.15, 0.2) is 36.5 Å². The van der Waals surface area contributed by atoms with E-state index < -0.39 is 17.2 Å². The van der Waals surface area contributed by atoms with Crippen LogP contribution in [0.2, 0.25) is 0 Å². The zero-order chi connectivity index (χ0) is 22.5. The maximum Gasteiger partial charge on any atom is 0.314 e. The predicted octanol–water partition coefficient (Wildman–Crippen LogP) is 5.61. The molecule has 168 valence electrons. The summed E-state index contributed by atoms with van der Waals surface area (Å²) in [6, 6.07) is 8.15. The maximum atomic E-state index is 15.8. The molecular weight excluding hydrogens is 414 g/mol. The van der Waals surface area contributed by atoms with Crippen molar-refractivity contribution in [2.45, 2.75) is 63.0 Å². The molecule has 5 nitrogen and oxygen atoms in total. The summed E-state index contributed by atoms with van der Waals surface area (Å²) in [5.74, 6) is -2.06. The van der Waals surface area contributed by atoms with Gasteiger partial charge in [0.15, 0.2) is 12.0 Å². The van der Waals surface area contributed by atoms with E-state index in [1.165, 1.54) is 6.07 Å². The topological polar surface area (TPSA) is 64.3 Å². The highest BCUT2D eigenvalue weighted by Crippen LogP contribution is 2.50. The van der Waals surface area contributed by atoms with Crippen LogP contribution in [0.1, 0.15) is 67.4 Å². The first-order valence-electron chi connectivity index (χ1n) is 11.2. The van der Waals surface area contributed by atoms with Crippen molar-refractivity contribution >= 4 is 16.9 Å². The number of rotatable bonds is 4. The molecule has 2 heterocycles. The van der Waals surface area contributed by atoms with Gasteiger partial charge < -0.3 is 9.84 Å². The van der Waals surface area contributed by atoms with Gasteiger partial charge in [-0.3, -0.25) is 4.79 Å². The Bertz CT molecular complexity index is 1190. The average molecular weight is 440 g/mol. The molecule has 2 fully saturated rings. The summed E-state index contributed by atoms with van der Waals surface area (Å²) >= 11 is 0. The van der Waals surface area contributed by atoms with E-state index >= 15 is 4.39 Å². The predicted molar refractivity (Wildman–Crippen MR) is 116 cm³/mol. The minimum Gasteiger partial charge on any atom is -0.481 e. The molecule has 1 saturated heterocycles. The number of nitrogens with zero attached hydrogens (tertiary/aromatic N) is 2. The Morgan fingerprint density at radius 2 is 2.06 bits per heavy atom. The molecule has 1 N–H and O–H groups in total. The zero-order valence-electron chi connectivity index (χ0n) is 18.0. The number of aliphatic carboxylic acids is 1. The molecule has 1 aromatic heterocycles. The molecule has 1 unspecified atom stereocenters. The van der Waals surface area contributed by atoms with Gasteiger partial charge in [-0.1, -0.05) is 24.3 Å². The van der Waals surface area contributed by atoms with E-state index in [1.807, 2.05) is 6.07 Å². The number of halogens is 2. The van der Waals surface area contributed by atoms with Crippen LogP contribution in [0.3, 0.4) is 0 Å². The first-order valence-corrected chi connectivity index (χ1v) is 11.2. The van der Waals surface area contributed by atoms with Crippen LogP contribution in [-0.2, 0) is 14.9 Å². The van der Waals surface area contributed by atoms with Crippen molar-refractivity contribution in [1.29, 1.82) is 0 Å². The van der Waals surface area contributed by atoms with Crippen LogP contribution in [0.5, 0.6) is 0 Å². The second kappa shape index (κ2) is 7.96. The minimum absolute atomic E-state index is 0.225. The SMILES string of the molecule is Cc1c(F)cccc1[C@]1(C(=O)O)CC[C@H](c2ccc3cnn(C4CCCCO4)c3c2F)C1. The number of hydrogen-bond donors (Lipinski definition) is 1. The molecule has 7 heteroatoms. The molecule has 1 aliphatic heterocycles. The van der Waals surface area contributed by atoms with Crippen LogP contribution in [0.25, 0.3) is 10.9 Å². The van der Waals surface area contributed by atoms with Gasteiger partial charge in [-0.15, -0.1) is 0 Å². The van der Waals surface area contributed by atoms with Crippen molar-refractivity contribution in [1.82, 2.24) is 9.78 Å². The van der Waals surface area contributed by atoms with E-state index in [-0.39, 0.29) is 24.4 Å². The van der Waals surface area contributed by atoms with E-state index in [4.69, 9.17) is 4.74 Å². The third-order valence-corrected chi connectivity index (χ3v) is 7.30. The lowest BCUT2D eigenvalue weighted by Gasteiger charge is -2.27. The first-order chi connectivity index (χ1) is 15.4. The molecule has 0 bridgehead atoms. The second-order valence-electron chi connectivity index (χ2n) is 9.06. The number of ether oxygens (including phenoxy) is 1. The van der Waals surface area contributed by atoms with Gasteiger partial charge in [0.1, 0.15) is 11.3 Å². The lowest BCUT2D eigenvalue weighted by Crippen LogP contribution is -2.34. The Hall–Kier alpha value is -2.80. The first kappa shape index (κ1) is 21.1. The summed E-state index contributed by atoms with van der Waals surface area (Å²) in [5, 5.41) is 15.3. The second-order valence-corrected chi connectivity index (χ2v) is 9.06. The fourth-order valence-corrected chi connectivity index (χ4v) is 5.56. The van der Waals surface area contributed by atoms with Crippen LogP contribution >= 0.6 is 0 Å². The third-order valence-electron chi connectivity index (χ3n) is 7.30. The molecule has 0 spiro atoms. The molecule has 3 aromatic rings. The summed E-state index contributed by atoms with van der Waals surface area (Å²) in [6.45, 7) is 2.24. The van der Waals surface area contributed by atoms with Crippen molar-refractivity contribution in [3.8, 4) is 0 Å². The molecule has 0 radical (unpaired) electrons. The summed E-state index contributed by atoms with van der Waals surface area (Å²) in [5.41, 5.74) is 0.496. The van der Waals surface area contributed by atoms with Gasteiger partial charge in [0.05, 0.1) is 11.6 Å². The Morgan fingerprint density at radius 3 is 2.81 bits per heavy atom. The normalized spacial score (nSPS) is 26.0. The van der Waals surface area contributed by atoms with E-state index in [9.17, 15) is 14.3 Å². The number of hydrogen-bond acceptors (Lipinski definition) is 3. The zero-order valence-corrected chi connectivity index (χ0v) is 18.0. The highest BCUT2D eigenvalue weighted by molar-refractivity contribution is 5.83. The van der Waals surface area contributed by atoms with Crippen LogP contribution in [-0.4, -0.2) is 27.5 Å². The van der Waals surface area contributed by atoms with Crippen molar-refractivity contribution in [2.75, 3.05) is 6.61 Å². The highest BCUT2D eigenvalue weighted by atomic mass is 19.1. The maximum absolute atomic E-state index is 15.8. The average Bonchev–Trinajstić information content (AvgIpc) is 3.43. The summed E-state index contributed by atoms with van der Waals surface area (Å²) in [4.78, 5) is 12.4. The summed E-state index contributed by atoms with van der Waals surface area (Å²) in [6.07, 6.45) is 5.20. The van der Waals surface area contributed by atoms with Crippen molar-refractivity contribution in [3.63, 3.8) is 0 Å². The summed E-state index contributed by atoms with van der Waals surface area (Å²) < 4.78 is 37.5. The standard InChI is InChI=1S/C25H26F2N2O3/c1-15-19(5-4-6-20(15)26)25(24(30)31)11-10-16(13-25)18-9-8-17-14-28-29(23(17)22(18)27)21-7-2-3-12-32-21/h4-6,8-9,14,16,21H,2-3,7,10-13H2,1H3,(H,30,31)/t16-,21?,25-/m0/s1. The summed E-state index contributed by atoms with van der Waals surface area (Å²) in [7, 11) is 0. The number of carboxylic acids is 1. The molecule has 0 amide bonds. The highest BCUT2D eigenvalue weighted by Gasteiger charge is 2.48. The number of carboxylic acid groups (broad SMARTS) is 1. The van der Waals surface area contributed by atoms with Gasteiger partial charge in [-0.2, -0.15) is 5.10 Å². The monoisotopic (exact) mass is 440 g/mol. The molecule has 3 atom stereocenters. The van der Waals surface area contributed by atoms with E-state index in [0.717, 1.165) is 19.3 Å². The lowest BCUT2D eigenvalue weighted by molar-refractivity contribution is -0.143. The van der Waals surface area contributed by atoms with Gasteiger partial charge in [0, 0.05) is 12.0 Å². The Labute approximate surface area is 185 Å². The van der Waals surface area contributed by atoms with E-state index in [2.05, 4.69) is 5.10 Å². The third kappa shape index (κ3) is 3.22. The van der Waals surface area contributed by atoms with Gasteiger partial charge in [-0.25, -0.2) is 13.5 Å². The van der Waals surface area contributed by atoms with Crippen LogP contribution in [0, 0.1) is 18.6 Å². The fourth-order valence-electron chi connectivity index (χ4n) is 5.56. The van der Waals surface area contributed by atoms with Crippen LogP contribution < -0.4 is 0 Å².